The van der Waals surface area contributed by atoms with Gasteiger partial charge in [-0.1, -0.05) is 24.3 Å². The number of hydrogen-bond acceptors (Lipinski definition) is 2. The first-order chi connectivity index (χ1) is 11.5. The Hall–Kier alpha value is -1.85. The summed E-state index contributed by atoms with van der Waals surface area (Å²) in [7, 11) is 0. The lowest BCUT2D eigenvalue weighted by molar-refractivity contribution is -0.137. The fraction of sp³-hybridized carbons (Fsp3) is 0.316. The number of alkyl halides is 3. The van der Waals surface area contributed by atoms with Crippen LogP contribution in [-0.4, -0.2) is 29.5 Å². The second-order valence-corrected chi connectivity index (χ2v) is 5.97. The highest BCUT2D eigenvalue weighted by Crippen LogP contribution is 2.32. The molecule has 25 heavy (non-hydrogen) atoms. The Labute approximate surface area is 151 Å². The topological polar surface area (TPSA) is 16.1 Å². The summed E-state index contributed by atoms with van der Waals surface area (Å²) in [6.45, 7) is 2.56. The second-order valence-electron chi connectivity index (χ2n) is 5.97. The lowest BCUT2D eigenvalue weighted by Crippen LogP contribution is -2.30. The molecule has 0 saturated heterocycles. The lowest BCUT2D eigenvalue weighted by atomic mass is 9.97. The summed E-state index contributed by atoms with van der Waals surface area (Å²) >= 11 is 0. The van der Waals surface area contributed by atoms with Crippen LogP contribution in [0.25, 0.3) is 5.57 Å². The van der Waals surface area contributed by atoms with Crippen LogP contribution in [0.2, 0.25) is 0 Å². The zero-order valence-electron chi connectivity index (χ0n) is 13.7. The third kappa shape index (κ3) is 5.31. The van der Waals surface area contributed by atoms with E-state index in [1.54, 1.807) is 12.3 Å². The van der Waals surface area contributed by atoms with Gasteiger partial charge in [0.1, 0.15) is 0 Å². The normalized spacial score (nSPS) is 15.4. The van der Waals surface area contributed by atoms with Crippen LogP contribution in [0.5, 0.6) is 0 Å². The van der Waals surface area contributed by atoms with Gasteiger partial charge < -0.3 is 0 Å². The molecule has 0 N–H and O–H groups in total. The summed E-state index contributed by atoms with van der Waals surface area (Å²) in [6.07, 6.45) is 3.08. The van der Waals surface area contributed by atoms with Gasteiger partial charge in [-0.2, -0.15) is 13.2 Å². The van der Waals surface area contributed by atoms with Crippen LogP contribution in [0.1, 0.15) is 23.1 Å². The van der Waals surface area contributed by atoms with Crippen molar-refractivity contribution in [3.05, 3.63) is 71.6 Å². The van der Waals surface area contributed by atoms with Crippen LogP contribution >= 0.6 is 12.4 Å². The smallest absolute Gasteiger partial charge is 0.299 e. The van der Waals surface area contributed by atoms with Crippen molar-refractivity contribution in [2.24, 2.45) is 0 Å². The average Bonchev–Trinajstić information content (AvgIpc) is 2.61. The largest absolute Gasteiger partial charge is 0.416 e. The minimum absolute atomic E-state index is 0. The van der Waals surface area contributed by atoms with Crippen molar-refractivity contribution in [1.29, 1.82) is 0 Å². The number of halogens is 4. The molecule has 2 aromatic rings. The number of pyridine rings is 1. The molecule has 2 heterocycles. The van der Waals surface area contributed by atoms with E-state index in [0.717, 1.165) is 44.1 Å². The Morgan fingerprint density at radius 1 is 1.12 bits per heavy atom. The monoisotopic (exact) mass is 368 g/mol. The summed E-state index contributed by atoms with van der Waals surface area (Å²) in [4.78, 5) is 6.42. The Bertz CT molecular complexity index is 714. The second kappa shape index (κ2) is 8.50. The van der Waals surface area contributed by atoms with Crippen molar-refractivity contribution >= 4 is 18.0 Å². The highest BCUT2D eigenvalue weighted by molar-refractivity contribution is 5.85. The van der Waals surface area contributed by atoms with Gasteiger partial charge in [-0.15, -0.1) is 12.4 Å². The summed E-state index contributed by atoms with van der Waals surface area (Å²) in [6, 6.07) is 9.59. The Kier molecular flexibility index (Phi) is 6.62. The molecule has 0 atom stereocenters. The highest BCUT2D eigenvalue weighted by Gasteiger charge is 2.30. The van der Waals surface area contributed by atoms with Gasteiger partial charge in [0.15, 0.2) is 0 Å². The Balaban J connectivity index is 0.00000225. The summed E-state index contributed by atoms with van der Waals surface area (Å²) in [5, 5.41) is 0. The van der Waals surface area contributed by atoms with Gasteiger partial charge in [0.05, 0.1) is 5.56 Å². The first-order valence-corrected chi connectivity index (χ1v) is 8.00. The molecule has 0 aliphatic carbocycles. The molecule has 1 aliphatic heterocycles. The molecule has 0 amide bonds. The van der Waals surface area contributed by atoms with Crippen molar-refractivity contribution in [2.75, 3.05) is 19.6 Å². The third-order valence-corrected chi connectivity index (χ3v) is 4.29. The SMILES string of the molecule is Cl.FC(F)(F)c1cccc(C2=CCN(CCc3cccnc3)CC2)c1. The average molecular weight is 369 g/mol. The van der Waals surface area contributed by atoms with Gasteiger partial charge in [-0.25, -0.2) is 0 Å². The summed E-state index contributed by atoms with van der Waals surface area (Å²) < 4.78 is 38.5. The van der Waals surface area contributed by atoms with E-state index in [1.807, 2.05) is 18.3 Å². The molecule has 0 fully saturated rings. The molecule has 1 aromatic heterocycles. The molecule has 1 aliphatic rings. The molecule has 0 bridgehead atoms. The van der Waals surface area contributed by atoms with E-state index in [-0.39, 0.29) is 12.4 Å². The first kappa shape index (κ1) is 19.5. The van der Waals surface area contributed by atoms with Gasteiger partial charge in [-0.05, 0) is 47.7 Å². The molecule has 6 heteroatoms. The first-order valence-electron chi connectivity index (χ1n) is 8.00. The summed E-state index contributed by atoms with van der Waals surface area (Å²) in [5.74, 6) is 0. The maximum Gasteiger partial charge on any atom is 0.416 e. The van der Waals surface area contributed by atoms with Crippen molar-refractivity contribution < 1.29 is 13.2 Å². The maximum atomic E-state index is 12.8. The van der Waals surface area contributed by atoms with E-state index in [1.165, 1.54) is 17.7 Å². The van der Waals surface area contributed by atoms with Crippen molar-refractivity contribution in [3.8, 4) is 0 Å². The van der Waals surface area contributed by atoms with Gasteiger partial charge in [0.25, 0.3) is 0 Å². The molecule has 1 aromatic carbocycles. The lowest BCUT2D eigenvalue weighted by Gasteiger charge is -2.26. The predicted octanol–water partition coefficient (Wildman–Crippen LogP) is 4.85. The number of benzene rings is 1. The van der Waals surface area contributed by atoms with Gasteiger partial charge in [0.2, 0.25) is 0 Å². The minimum Gasteiger partial charge on any atom is -0.299 e. The van der Waals surface area contributed by atoms with Crippen LogP contribution < -0.4 is 0 Å². The molecule has 3 rings (SSSR count). The molecule has 134 valence electrons. The minimum atomic E-state index is -4.29. The highest BCUT2D eigenvalue weighted by atomic mass is 35.5. The van der Waals surface area contributed by atoms with Crippen LogP contribution in [0, 0.1) is 0 Å². The van der Waals surface area contributed by atoms with Crippen LogP contribution in [-0.2, 0) is 12.6 Å². The molecule has 0 spiro atoms. The zero-order chi connectivity index (χ0) is 17.0. The predicted molar refractivity (Wildman–Crippen MR) is 95.7 cm³/mol. The van der Waals surface area contributed by atoms with Gasteiger partial charge in [-0.3, -0.25) is 9.88 Å². The fourth-order valence-corrected chi connectivity index (χ4v) is 2.90. The van der Waals surface area contributed by atoms with E-state index in [2.05, 4.69) is 16.0 Å². The van der Waals surface area contributed by atoms with Crippen molar-refractivity contribution in [2.45, 2.75) is 19.0 Å². The number of rotatable bonds is 4. The standard InChI is InChI=1S/C19H19F3N2.ClH/c20-19(21,22)18-5-1-4-17(13-18)16-7-11-24(12-8-16)10-6-15-3-2-9-23-14-15;/h1-5,7,9,13-14H,6,8,10-12H2;1H. The van der Waals surface area contributed by atoms with Gasteiger partial charge in [0, 0.05) is 32.0 Å². The molecule has 2 nitrogen and oxygen atoms in total. The van der Waals surface area contributed by atoms with Crippen LogP contribution in [0.4, 0.5) is 13.2 Å². The van der Waals surface area contributed by atoms with E-state index < -0.39 is 11.7 Å². The van der Waals surface area contributed by atoms with Crippen LogP contribution in [0.15, 0.2) is 54.9 Å². The number of hydrogen-bond donors (Lipinski definition) is 0. The molecular weight excluding hydrogens is 349 g/mol. The fourth-order valence-electron chi connectivity index (χ4n) is 2.90. The number of nitrogens with zero attached hydrogens (tertiary/aromatic N) is 2. The molecule has 0 unspecified atom stereocenters. The van der Waals surface area contributed by atoms with Crippen molar-refractivity contribution in [3.63, 3.8) is 0 Å². The van der Waals surface area contributed by atoms with Crippen LogP contribution in [0.3, 0.4) is 0 Å². The molecule has 0 saturated carbocycles. The van der Waals surface area contributed by atoms with Crippen molar-refractivity contribution in [1.82, 2.24) is 9.88 Å². The van der Waals surface area contributed by atoms with E-state index in [0.29, 0.717) is 5.56 Å². The third-order valence-electron chi connectivity index (χ3n) is 4.29. The maximum absolute atomic E-state index is 12.8. The molecular formula is C19H20ClF3N2. The number of aromatic nitrogens is 1. The van der Waals surface area contributed by atoms with E-state index >= 15 is 0 Å². The quantitative estimate of drug-likeness (QED) is 0.766. The molecule has 0 radical (unpaired) electrons. The zero-order valence-corrected chi connectivity index (χ0v) is 14.5. The van der Waals surface area contributed by atoms with E-state index in [9.17, 15) is 13.2 Å². The van der Waals surface area contributed by atoms with E-state index in [4.69, 9.17) is 0 Å². The Morgan fingerprint density at radius 3 is 2.60 bits per heavy atom. The summed E-state index contributed by atoms with van der Waals surface area (Å²) in [5.41, 5.74) is 2.29. The Morgan fingerprint density at radius 2 is 1.96 bits per heavy atom. The van der Waals surface area contributed by atoms with Gasteiger partial charge >= 0.3 is 6.18 Å².